The van der Waals surface area contributed by atoms with Gasteiger partial charge in [0.2, 0.25) is 5.72 Å². The standard InChI is InChI=1S/C14H15FN6O5/c15-10-11(23)14(7-22,19-20-16)26-12(10)21-4-3-9(18-13(21)24)17-6-8-2-1-5-25-8/h1-5,10-12,22-23H,6-7H2,(H,17,18,24)/t10-,11-,12+,14?/m0/s1. The summed E-state index contributed by atoms with van der Waals surface area (Å²) < 4.78 is 25.5. The third kappa shape index (κ3) is 3.13. The highest BCUT2D eigenvalue weighted by molar-refractivity contribution is 5.32. The van der Waals surface area contributed by atoms with E-state index in [4.69, 9.17) is 14.7 Å². The smallest absolute Gasteiger partial charge is 0.351 e. The minimum absolute atomic E-state index is 0.222. The van der Waals surface area contributed by atoms with Crippen molar-refractivity contribution in [3.8, 4) is 0 Å². The van der Waals surface area contributed by atoms with E-state index in [0.29, 0.717) is 12.3 Å². The largest absolute Gasteiger partial charge is 0.467 e. The van der Waals surface area contributed by atoms with Gasteiger partial charge in [-0.05, 0) is 23.7 Å². The van der Waals surface area contributed by atoms with Crippen LogP contribution in [0.3, 0.4) is 0 Å². The van der Waals surface area contributed by atoms with Crippen LogP contribution in [0.25, 0.3) is 10.4 Å². The lowest BCUT2D eigenvalue weighted by Gasteiger charge is -2.23. The molecule has 1 aliphatic heterocycles. The second-order valence-corrected chi connectivity index (χ2v) is 5.53. The zero-order valence-corrected chi connectivity index (χ0v) is 13.3. The first-order valence-electron chi connectivity index (χ1n) is 7.53. The summed E-state index contributed by atoms with van der Waals surface area (Å²) in [6.45, 7) is -0.668. The van der Waals surface area contributed by atoms with Gasteiger partial charge in [-0.3, -0.25) is 4.57 Å². The number of aliphatic hydroxyl groups is 2. The molecule has 1 unspecified atom stereocenters. The SMILES string of the molecule is [N-]=[N+]=NC1(CO)O[C@@H](n2ccc(NCc3ccco3)nc2=O)[C@@H](F)[C@@H]1O. The van der Waals surface area contributed by atoms with Gasteiger partial charge in [-0.25, -0.2) is 9.18 Å². The predicted molar refractivity (Wildman–Crippen MR) is 84.5 cm³/mol. The fourth-order valence-corrected chi connectivity index (χ4v) is 2.58. The zero-order chi connectivity index (χ0) is 18.7. The summed E-state index contributed by atoms with van der Waals surface area (Å²) >= 11 is 0. The van der Waals surface area contributed by atoms with Gasteiger partial charge in [-0.2, -0.15) is 4.98 Å². The van der Waals surface area contributed by atoms with Gasteiger partial charge in [0.1, 0.15) is 17.7 Å². The summed E-state index contributed by atoms with van der Waals surface area (Å²) in [5, 5.41) is 25.3. The van der Waals surface area contributed by atoms with Gasteiger partial charge in [0.05, 0.1) is 19.4 Å². The topological polar surface area (TPSA) is 159 Å². The lowest BCUT2D eigenvalue weighted by Crippen LogP contribution is -2.43. The number of aliphatic hydroxyl groups excluding tert-OH is 2. The van der Waals surface area contributed by atoms with E-state index in [1.165, 1.54) is 18.5 Å². The molecule has 0 aliphatic carbocycles. The van der Waals surface area contributed by atoms with Crippen molar-refractivity contribution >= 4 is 5.82 Å². The van der Waals surface area contributed by atoms with Crippen molar-refractivity contribution in [1.82, 2.24) is 9.55 Å². The van der Waals surface area contributed by atoms with Crippen molar-refractivity contribution < 1.29 is 23.8 Å². The van der Waals surface area contributed by atoms with Gasteiger partial charge in [-0.1, -0.05) is 5.11 Å². The number of nitrogens with zero attached hydrogens (tertiary/aromatic N) is 5. The van der Waals surface area contributed by atoms with E-state index in [1.54, 1.807) is 12.1 Å². The Labute approximate surface area is 145 Å². The maximum absolute atomic E-state index is 14.4. The highest BCUT2D eigenvalue weighted by Gasteiger charge is 2.56. The van der Waals surface area contributed by atoms with Crippen LogP contribution in [-0.4, -0.2) is 44.4 Å². The summed E-state index contributed by atoms with van der Waals surface area (Å²) in [5.41, 5.74) is 5.48. The second-order valence-electron chi connectivity index (χ2n) is 5.53. The van der Waals surface area contributed by atoms with E-state index >= 15 is 0 Å². The lowest BCUT2D eigenvalue weighted by atomic mass is 10.1. The minimum atomic E-state index is -2.21. The molecule has 4 atom stereocenters. The van der Waals surface area contributed by atoms with Crippen LogP contribution < -0.4 is 11.0 Å². The summed E-state index contributed by atoms with van der Waals surface area (Å²) in [5.74, 6) is 0.851. The molecule has 0 bridgehead atoms. The van der Waals surface area contributed by atoms with E-state index in [9.17, 15) is 19.4 Å². The number of azide groups is 1. The van der Waals surface area contributed by atoms with Crippen molar-refractivity contribution in [2.45, 2.75) is 30.8 Å². The van der Waals surface area contributed by atoms with Gasteiger partial charge in [0.25, 0.3) is 0 Å². The minimum Gasteiger partial charge on any atom is -0.467 e. The fourth-order valence-electron chi connectivity index (χ4n) is 2.58. The first kappa shape index (κ1) is 17.9. The lowest BCUT2D eigenvalue weighted by molar-refractivity contribution is -0.124. The Morgan fingerprint density at radius 3 is 2.96 bits per heavy atom. The van der Waals surface area contributed by atoms with Crippen LogP contribution in [-0.2, 0) is 11.3 Å². The number of anilines is 1. The number of halogens is 1. The molecule has 1 aliphatic rings. The number of alkyl halides is 1. The van der Waals surface area contributed by atoms with Crippen LogP contribution in [0, 0.1) is 0 Å². The highest BCUT2D eigenvalue weighted by Crippen LogP contribution is 2.39. The highest BCUT2D eigenvalue weighted by atomic mass is 19.1. The molecular formula is C14H15FN6O5. The Kier molecular flexibility index (Phi) is 4.91. The number of rotatable bonds is 6. The molecule has 3 N–H and O–H groups in total. The molecule has 0 amide bonds. The van der Waals surface area contributed by atoms with E-state index in [0.717, 1.165) is 4.57 Å². The Morgan fingerprint density at radius 2 is 2.35 bits per heavy atom. The van der Waals surface area contributed by atoms with Crippen LogP contribution in [0.5, 0.6) is 0 Å². The Morgan fingerprint density at radius 1 is 1.54 bits per heavy atom. The molecular weight excluding hydrogens is 351 g/mol. The Hall–Kier alpha value is -2.92. The number of nitrogens with one attached hydrogen (secondary N) is 1. The summed E-state index contributed by atoms with van der Waals surface area (Å²) in [6.07, 6.45) is -2.95. The number of hydrogen-bond acceptors (Lipinski definition) is 8. The van der Waals surface area contributed by atoms with Crippen LogP contribution >= 0.6 is 0 Å². The van der Waals surface area contributed by atoms with Gasteiger partial charge in [0.15, 0.2) is 12.4 Å². The molecule has 138 valence electrons. The van der Waals surface area contributed by atoms with Crippen molar-refractivity contribution in [2.75, 3.05) is 11.9 Å². The molecule has 1 saturated heterocycles. The normalized spacial score (nSPS) is 27.9. The van der Waals surface area contributed by atoms with E-state index in [1.807, 2.05) is 0 Å². The molecule has 2 aromatic heterocycles. The average Bonchev–Trinajstić information content (AvgIpc) is 3.24. The maximum Gasteiger partial charge on any atom is 0.351 e. The molecule has 0 spiro atoms. The van der Waals surface area contributed by atoms with Crippen molar-refractivity contribution in [2.24, 2.45) is 5.11 Å². The quantitative estimate of drug-likeness (QED) is 0.385. The molecule has 12 heteroatoms. The predicted octanol–water partition coefficient (Wildman–Crippen LogP) is 0.675. The van der Waals surface area contributed by atoms with Gasteiger partial charge >= 0.3 is 5.69 Å². The molecule has 26 heavy (non-hydrogen) atoms. The van der Waals surface area contributed by atoms with Crippen LogP contribution in [0.4, 0.5) is 10.2 Å². The third-order valence-corrected chi connectivity index (χ3v) is 3.93. The summed E-state index contributed by atoms with van der Waals surface area (Å²) in [4.78, 5) is 18.4. The van der Waals surface area contributed by atoms with Crippen molar-refractivity contribution in [3.63, 3.8) is 0 Å². The molecule has 0 aromatic carbocycles. The molecule has 3 heterocycles. The van der Waals surface area contributed by atoms with Crippen molar-refractivity contribution in [1.29, 1.82) is 0 Å². The molecule has 0 radical (unpaired) electrons. The first-order valence-corrected chi connectivity index (χ1v) is 7.53. The number of hydrogen-bond donors (Lipinski definition) is 3. The van der Waals surface area contributed by atoms with Gasteiger partial charge in [-0.15, -0.1) is 0 Å². The number of ether oxygens (including phenoxy) is 1. The maximum atomic E-state index is 14.4. The fraction of sp³-hybridized carbons (Fsp3) is 0.429. The molecule has 0 saturated carbocycles. The molecule has 2 aromatic rings. The molecule has 11 nitrogen and oxygen atoms in total. The Balaban J connectivity index is 1.81. The monoisotopic (exact) mass is 366 g/mol. The Bertz CT molecular complexity index is 867. The van der Waals surface area contributed by atoms with E-state index < -0.39 is 36.5 Å². The van der Waals surface area contributed by atoms with Gasteiger partial charge < -0.3 is 24.7 Å². The summed E-state index contributed by atoms with van der Waals surface area (Å²) in [7, 11) is 0. The molecule has 3 rings (SSSR count). The van der Waals surface area contributed by atoms with Crippen LogP contribution in [0.1, 0.15) is 12.0 Å². The van der Waals surface area contributed by atoms with Crippen molar-refractivity contribution in [3.05, 3.63) is 57.3 Å². The van der Waals surface area contributed by atoms with Crippen LogP contribution in [0.15, 0.2) is 45.0 Å². The number of aromatic nitrogens is 2. The van der Waals surface area contributed by atoms with Gasteiger partial charge in [0, 0.05) is 11.1 Å². The van der Waals surface area contributed by atoms with Crippen LogP contribution in [0.2, 0.25) is 0 Å². The second kappa shape index (κ2) is 7.14. The zero-order valence-electron chi connectivity index (χ0n) is 13.3. The van der Waals surface area contributed by atoms with E-state index in [2.05, 4.69) is 20.3 Å². The van der Waals surface area contributed by atoms with E-state index in [-0.39, 0.29) is 5.82 Å². The summed E-state index contributed by atoms with van der Waals surface area (Å²) in [6, 6.07) is 4.85. The first-order chi connectivity index (χ1) is 12.5. The average molecular weight is 366 g/mol. The number of furan rings is 1. The third-order valence-electron chi connectivity index (χ3n) is 3.93. The molecule has 1 fully saturated rings.